The van der Waals surface area contributed by atoms with Crippen molar-refractivity contribution in [1.29, 1.82) is 0 Å². The molecule has 3 amide bonds. The molecule has 1 heterocycles. The highest BCUT2D eigenvalue weighted by atomic mass is 32.2. The summed E-state index contributed by atoms with van der Waals surface area (Å²) in [5, 5.41) is 17.4. The summed E-state index contributed by atoms with van der Waals surface area (Å²) in [4.78, 5) is 51.7. The third-order valence-corrected chi connectivity index (χ3v) is 5.45. The monoisotopic (exact) mass is 463 g/mol. The maximum Gasteiger partial charge on any atom is 0.322 e. The fraction of sp³-hybridized carbons (Fsp3) is 0.429. The van der Waals surface area contributed by atoms with Gasteiger partial charge in [0.2, 0.25) is 17.7 Å². The van der Waals surface area contributed by atoms with Gasteiger partial charge in [0, 0.05) is 23.5 Å². The second kappa shape index (κ2) is 12.1. The molecule has 2 rings (SSSR count). The number of aliphatic carboxylic acids is 1. The lowest BCUT2D eigenvalue weighted by molar-refractivity contribution is -0.138. The molecule has 0 aliphatic carbocycles. The van der Waals surface area contributed by atoms with Crippen LogP contribution in [0.3, 0.4) is 0 Å². The van der Waals surface area contributed by atoms with Gasteiger partial charge in [0.15, 0.2) is 0 Å². The number of aromatic amines is 1. The number of nitrogens with two attached hydrogens (primary N) is 1. The molecule has 0 aliphatic heterocycles. The molecule has 0 saturated carbocycles. The van der Waals surface area contributed by atoms with Gasteiger partial charge in [-0.1, -0.05) is 18.2 Å². The fourth-order valence-corrected chi connectivity index (χ4v) is 3.57. The topological polar surface area (TPSA) is 166 Å². The number of nitrogens with one attached hydrogen (secondary N) is 4. The number of thioether (sulfide) groups is 1. The maximum atomic E-state index is 13.0. The Balaban J connectivity index is 2.22. The Morgan fingerprint density at radius 3 is 2.44 bits per heavy atom. The molecular formula is C21H29N5O5S. The van der Waals surface area contributed by atoms with E-state index in [0.29, 0.717) is 12.2 Å². The van der Waals surface area contributed by atoms with Crippen molar-refractivity contribution >= 4 is 46.4 Å². The van der Waals surface area contributed by atoms with Crippen molar-refractivity contribution < 1.29 is 24.3 Å². The maximum absolute atomic E-state index is 13.0. The summed E-state index contributed by atoms with van der Waals surface area (Å²) < 4.78 is 0. The van der Waals surface area contributed by atoms with E-state index in [4.69, 9.17) is 10.8 Å². The first-order valence-electron chi connectivity index (χ1n) is 10.1. The third kappa shape index (κ3) is 7.27. The van der Waals surface area contributed by atoms with Crippen LogP contribution >= 0.6 is 11.8 Å². The molecule has 1 aromatic heterocycles. The van der Waals surface area contributed by atoms with Gasteiger partial charge in [0.05, 0.1) is 6.04 Å². The Hall–Kier alpha value is -3.05. The molecule has 1 aromatic carbocycles. The van der Waals surface area contributed by atoms with Crippen LogP contribution < -0.4 is 21.7 Å². The Morgan fingerprint density at radius 1 is 1.09 bits per heavy atom. The average Bonchev–Trinajstić information content (AvgIpc) is 3.16. The van der Waals surface area contributed by atoms with Gasteiger partial charge in [0.1, 0.15) is 18.6 Å². The normalized spacial score (nSPS) is 13.7. The molecule has 0 spiro atoms. The molecule has 0 bridgehead atoms. The minimum atomic E-state index is -1.20. The van der Waals surface area contributed by atoms with Crippen LogP contribution in [0.5, 0.6) is 0 Å². The Labute approximate surface area is 190 Å². The van der Waals surface area contributed by atoms with E-state index >= 15 is 0 Å². The number of hydrogen-bond donors (Lipinski definition) is 6. The van der Waals surface area contributed by atoms with Gasteiger partial charge in [-0.25, -0.2) is 0 Å². The van der Waals surface area contributed by atoms with Crippen molar-refractivity contribution in [2.24, 2.45) is 5.73 Å². The number of hydrogen-bond acceptors (Lipinski definition) is 6. The predicted octanol–water partition coefficient (Wildman–Crippen LogP) is -0.0189. The molecule has 0 radical (unpaired) electrons. The van der Waals surface area contributed by atoms with Crippen molar-refractivity contribution in [1.82, 2.24) is 20.9 Å². The van der Waals surface area contributed by atoms with Gasteiger partial charge < -0.3 is 31.8 Å². The van der Waals surface area contributed by atoms with Gasteiger partial charge in [-0.3, -0.25) is 19.2 Å². The number of fused-ring (bicyclic) bond motifs is 1. The largest absolute Gasteiger partial charge is 0.480 e. The van der Waals surface area contributed by atoms with Crippen LogP contribution in [0.4, 0.5) is 0 Å². The molecule has 174 valence electrons. The van der Waals surface area contributed by atoms with E-state index in [2.05, 4.69) is 20.9 Å². The molecule has 10 nitrogen and oxygen atoms in total. The Bertz CT molecular complexity index is 961. The van der Waals surface area contributed by atoms with Crippen molar-refractivity contribution in [3.63, 3.8) is 0 Å². The van der Waals surface area contributed by atoms with Crippen LogP contribution in [0, 0.1) is 0 Å². The summed E-state index contributed by atoms with van der Waals surface area (Å²) in [5.41, 5.74) is 7.27. The van der Waals surface area contributed by atoms with Gasteiger partial charge >= 0.3 is 5.97 Å². The van der Waals surface area contributed by atoms with Gasteiger partial charge in [-0.15, -0.1) is 0 Å². The first-order valence-corrected chi connectivity index (χ1v) is 11.5. The lowest BCUT2D eigenvalue weighted by Crippen LogP contribution is -2.56. The van der Waals surface area contributed by atoms with Crippen molar-refractivity contribution in [2.75, 3.05) is 18.6 Å². The first-order chi connectivity index (χ1) is 15.2. The third-order valence-electron chi connectivity index (χ3n) is 4.80. The highest BCUT2D eigenvalue weighted by molar-refractivity contribution is 7.98. The molecule has 32 heavy (non-hydrogen) atoms. The zero-order valence-electron chi connectivity index (χ0n) is 18.0. The number of para-hydroxylation sites is 1. The van der Waals surface area contributed by atoms with E-state index in [0.717, 1.165) is 16.5 Å². The smallest absolute Gasteiger partial charge is 0.322 e. The van der Waals surface area contributed by atoms with E-state index in [9.17, 15) is 19.2 Å². The Kier molecular flexibility index (Phi) is 9.54. The van der Waals surface area contributed by atoms with E-state index < -0.39 is 48.4 Å². The van der Waals surface area contributed by atoms with Gasteiger partial charge in [-0.05, 0) is 37.0 Å². The molecule has 3 unspecified atom stereocenters. The SMILES string of the molecule is CSCCC(NC(=O)C(C)N)C(=O)NC(Cc1c[nH]c2ccccc12)C(=O)NCC(=O)O. The number of carbonyl (C=O) groups excluding carboxylic acids is 3. The first kappa shape index (κ1) is 25.2. The summed E-state index contributed by atoms with van der Waals surface area (Å²) in [6, 6.07) is 4.81. The van der Waals surface area contributed by atoms with Crippen molar-refractivity contribution in [3.8, 4) is 0 Å². The fourth-order valence-electron chi connectivity index (χ4n) is 3.10. The number of carboxylic acids is 1. The number of carboxylic acid groups (broad SMARTS) is 1. The molecule has 0 saturated heterocycles. The minimum Gasteiger partial charge on any atom is -0.480 e. The highest BCUT2D eigenvalue weighted by Crippen LogP contribution is 2.19. The number of carbonyl (C=O) groups is 4. The van der Waals surface area contributed by atoms with Crippen LogP contribution in [0.2, 0.25) is 0 Å². The minimum absolute atomic E-state index is 0.137. The number of aromatic nitrogens is 1. The zero-order valence-corrected chi connectivity index (χ0v) is 18.8. The van der Waals surface area contributed by atoms with E-state index in [1.54, 1.807) is 6.20 Å². The van der Waals surface area contributed by atoms with Crippen molar-refractivity contribution in [3.05, 3.63) is 36.0 Å². The van der Waals surface area contributed by atoms with Gasteiger partial charge in [-0.2, -0.15) is 11.8 Å². The van der Waals surface area contributed by atoms with E-state index in [-0.39, 0.29) is 6.42 Å². The molecule has 0 aliphatic rings. The van der Waals surface area contributed by atoms with Crippen molar-refractivity contribution in [2.45, 2.75) is 37.9 Å². The van der Waals surface area contributed by atoms with Crippen LogP contribution in [0.25, 0.3) is 10.9 Å². The lowest BCUT2D eigenvalue weighted by atomic mass is 10.0. The molecule has 11 heteroatoms. The molecule has 7 N–H and O–H groups in total. The number of amides is 3. The zero-order chi connectivity index (χ0) is 23.7. The Morgan fingerprint density at radius 2 is 1.78 bits per heavy atom. The summed E-state index contributed by atoms with van der Waals surface area (Å²) in [7, 11) is 0. The van der Waals surface area contributed by atoms with Crippen LogP contribution in [-0.4, -0.2) is 70.5 Å². The standard InChI is InChI=1S/C21H29N5O5S/c1-12(22)19(29)25-16(7-8-32-2)21(31)26-17(20(30)24-11-18(27)28)9-13-10-23-15-6-4-3-5-14(13)15/h3-6,10,12,16-17,23H,7-9,11,22H2,1-2H3,(H,24,30)(H,25,29)(H,26,31)(H,27,28). The predicted molar refractivity (Wildman–Crippen MR) is 123 cm³/mol. The lowest BCUT2D eigenvalue weighted by Gasteiger charge is -2.23. The van der Waals surface area contributed by atoms with Crippen LogP contribution in [0.1, 0.15) is 18.9 Å². The number of benzene rings is 1. The van der Waals surface area contributed by atoms with E-state index in [1.807, 2.05) is 30.5 Å². The summed E-state index contributed by atoms with van der Waals surface area (Å²) in [6.07, 6.45) is 4.11. The summed E-state index contributed by atoms with van der Waals surface area (Å²) in [5.74, 6) is -2.24. The molecule has 0 fully saturated rings. The highest BCUT2D eigenvalue weighted by Gasteiger charge is 2.28. The average molecular weight is 464 g/mol. The molecular weight excluding hydrogens is 434 g/mol. The summed E-state index contributed by atoms with van der Waals surface area (Å²) in [6.45, 7) is 0.939. The quantitative estimate of drug-likeness (QED) is 0.257. The summed E-state index contributed by atoms with van der Waals surface area (Å²) >= 11 is 1.51. The number of H-pyrrole nitrogens is 1. The van der Waals surface area contributed by atoms with Crippen LogP contribution in [-0.2, 0) is 25.6 Å². The van der Waals surface area contributed by atoms with Gasteiger partial charge in [0.25, 0.3) is 0 Å². The molecule has 2 aromatic rings. The second-order valence-electron chi connectivity index (χ2n) is 7.37. The van der Waals surface area contributed by atoms with E-state index in [1.165, 1.54) is 18.7 Å². The van der Waals surface area contributed by atoms with Crippen LogP contribution in [0.15, 0.2) is 30.5 Å². The second-order valence-corrected chi connectivity index (χ2v) is 8.35. The number of rotatable bonds is 12. The molecule has 3 atom stereocenters.